The number of carbonyl (C=O) groups is 1. The number of amides is 1. The number of hydrogen-bond acceptors (Lipinski definition) is 5. The Morgan fingerprint density at radius 2 is 1.90 bits per heavy atom. The largest absolute Gasteiger partial charge is 0.444 e. The average Bonchev–Trinajstić information content (AvgIpc) is 2.67. The highest BCUT2D eigenvalue weighted by molar-refractivity contribution is 9.10. The summed E-state index contributed by atoms with van der Waals surface area (Å²) in [5, 5.41) is 2.89. The van der Waals surface area contributed by atoms with Crippen molar-refractivity contribution in [1.29, 1.82) is 0 Å². The van der Waals surface area contributed by atoms with E-state index in [0.29, 0.717) is 17.2 Å². The van der Waals surface area contributed by atoms with E-state index in [1.54, 1.807) is 7.11 Å². The van der Waals surface area contributed by atoms with Crippen LogP contribution in [0.2, 0.25) is 0 Å². The molecule has 1 aromatic heterocycles. The zero-order chi connectivity index (χ0) is 21.9. The van der Waals surface area contributed by atoms with E-state index in [1.165, 1.54) is 0 Å². The molecular formula is C22H33BrN2O5. The second kappa shape index (κ2) is 9.83. The molecule has 8 heteroatoms. The molecule has 168 valence electrons. The second-order valence-corrected chi connectivity index (χ2v) is 10.1. The Balaban J connectivity index is 1.57. The predicted octanol–water partition coefficient (Wildman–Crippen LogP) is 4.31. The molecule has 0 radical (unpaired) electrons. The van der Waals surface area contributed by atoms with Gasteiger partial charge in [-0.2, -0.15) is 0 Å². The first-order valence-corrected chi connectivity index (χ1v) is 11.5. The van der Waals surface area contributed by atoms with Crippen molar-refractivity contribution in [3.63, 3.8) is 0 Å². The molecule has 0 spiro atoms. The van der Waals surface area contributed by atoms with Gasteiger partial charge >= 0.3 is 6.09 Å². The maximum atomic E-state index is 12.6. The molecule has 1 aromatic rings. The molecule has 30 heavy (non-hydrogen) atoms. The molecule has 2 aliphatic carbocycles. The fourth-order valence-electron chi connectivity index (χ4n) is 4.03. The van der Waals surface area contributed by atoms with Gasteiger partial charge in [0.1, 0.15) is 5.60 Å². The highest BCUT2D eigenvalue weighted by Crippen LogP contribution is 2.30. The fraction of sp³-hybridized carbons (Fsp3) is 0.727. The van der Waals surface area contributed by atoms with Crippen LogP contribution in [0.15, 0.2) is 21.5 Å². The van der Waals surface area contributed by atoms with E-state index in [4.69, 9.17) is 14.2 Å². The van der Waals surface area contributed by atoms with Gasteiger partial charge in [-0.1, -0.05) is 0 Å². The molecule has 2 atom stereocenters. The van der Waals surface area contributed by atoms with Gasteiger partial charge in [0.05, 0.1) is 29.3 Å². The van der Waals surface area contributed by atoms with Crippen molar-refractivity contribution in [3.05, 3.63) is 32.7 Å². The first-order chi connectivity index (χ1) is 14.2. The normalized spacial score (nSPS) is 26.7. The SMILES string of the molecule is COC1CCC(n2cc(CO[C@@H]3CC[C@H]3NC(=O)OC(C)(C)C)cc(Br)c2=O)CC1. The molecule has 0 bridgehead atoms. The van der Waals surface area contributed by atoms with Crippen LogP contribution in [0.25, 0.3) is 0 Å². The smallest absolute Gasteiger partial charge is 0.407 e. The fourth-order valence-corrected chi connectivity index (χ4v) is 4.53. The van der Waals surface area contributed by atoms with E-state index in [0.717, 1.165) is 44.1 Å². The third-order valence-electron chi connectivity index (χ3n) is 5.80. The number of rotatable bonds is 6. The monoisotopic (exact) mass is 484 g/mol. The minimum Gasteiger partial charge on any atom is -0.444 e. The third-order valence-corrected chi connectivity index (χ3v) is 6.37. The first kappa shape index (κ1) is 23.3. The number of alkyl carbamates (subject to hydrolysis) is 1. The molecular weight excluding hydrogens is 452 g/mol. The van der Waals surface area contributed by atoms with Gasteiger partial charge in [0.2, 0.25) is 0 Å². The summed E-state index contributed by atoms with van der Waals surface area (Å²) in [5.41, 5.74) is 0.415. The zero-order valence-corrected chi connectivity index (χ0v) is 19.9. The number of pyridine rings is 1. The van der Waals surface area contributed by atoms with Crippen LogP contribution in [0.4, 0.5) is 4.79 Å². The van der Waals surface area contributed by atoms with Crippen LogP contribution in [-0.2, 0) is 20.8 Å². The molecule has 2 fully saturated rings. The molecule has 0 aliphatic heterocycles. The van der Waals surface area contributed by atoms with Gasteiger partial charge in [0, 0.05) is 19.3 Å². The minimum atomic E-state index is -0.521. The number of ether oxygens (including phenoxy) is 3. The van der Waals surface area contributed by atoms with Gasteiger partial charge in [-0.25, -0.2) is 4.79 Å². The quantitative estimate of drug-likeness (QED) is 0.650. The molecule has 1 amide bonds. The van der Waals surface area contributed by atoms with Crippen LogP contribution in [-0.4, -0.2) is 41.6 Å². The van der Waals surface area contributed by atoms with Crippen molar-refractivity contribution in [2.75, 3.05) is 7.11 Å². The van der Waals surface area contributed by atoms with E-state index < -0.39 is 11.7 Å². The maximum absolute atomic E-state index is 12.6. The number of carbonyl (C=O) groups excluding carboxylic acids is 1. The molecule has 0 saturated heterocycles. The Morgan fingerprint density at radius 1 is 1.20 bits per heavy atom. The van der Waals surface area contributed by atoms with E-state index >= 15 is 0 Å². The van der Waals surface area contributed by atoms with Gasteiger partial charge in [0.15, 0.2) is 0 Å². The lowest BCUT2D eigenvalue weighted by molar-refractivity contribution is -0.0393. The summed E-state index contributed by atoms with van der Waals surface area (Å²) in [6, 6.07) is 1.97. The van der Waals surface area contributed by atoms with Crippen LogP contribution in [0.3, 0.4) is 0 Å². The lowest BCUT2D eigenvalue weighted by Crippen LogP contribution is -2.52. The number of halogens is 1. The maximum Gasteiger partial charge on any atom is 0.407 e. The molecule has 0 aromatic carbocycles. The summed E-state index contributed by atoms with van der Waals surface area (Å²) in [7, 11) is 1.75. The minimum absolute atomic E-state index is 0.00673. The Bertz CT molecular complexity index is 796. The van der Waals surface area contributed by atoms with Crippen molar-refractivity contribution < 1.29 is 19.0 Å². The molecule has 1 N–H and O–H groups in total. The van der Waals surface area contributed by atoms with Crippen molar-refractivity contribution in [3.8, 4) is 0 Å². The highest BCUT2D eigenvalue weighted by atomic mass is 79.9. The topological polar surface area (TPSA) is 78.8 Å². The van der Waals surface area contributed by atoms with Gasteiger partial charge < -0.3 is 24.1 Å². The van der Waals surface area contributed by atoms with Crippen molar-refractivity contribution >= 4 is 22.0 Å². The molecule has 2 saturated carbocycles. The van der Waals surface area contributed by atoms with Crippen LogP contribution in [0, 0.1) is 0 Å². The van der Waals surface area contributed by atoms with E-state index in [1.807, 2.05) is 37.6 Å². The van der Waals surface area contributed by atoms with Gasteiger partial charge in [-0.15, -0.1) is 0 Å². The summed E-state index contributed by atoms with van der Waals surface area (Å²) in [4.78, 5) is 24.6. The van der Waals surface area contributed by atoms with Gasteiger partial charge in [-0.05, 0) is 86.9 Å². The lowest BCUT2D eigenvalue weighted by atomic mass is 9.89. The number of nitrogens with zero attached hydrogens (tertiary/aromatic N) is 1. The van der Waals surface area contributed by atoms with Crippen LogP contribution < -0.4 is 10.9 Å². The number of aromatic nitrogens is 1. The van der Waals surface area contributed by atoms with Crippen LogP contribution in [0.1, 0.15) is 70.9 Å². The average molecular weight is 485 g/mol. The van der Waals surface area contributed by atoms with Crippen molar-refractivity contribution in [2.45, 2.75) is 95.8 Å². The highest BCUT2D eigenvalue weighted by Gasteiger charge is 2.34. The zero-order valence-electron chi connectivity index (χ0n) is 18.3. The van der Waals surface area contributed by atoms with Crippen molar-refractivity contribution in [2.24, 2.45) is 0 Å². The summed E-state index contributed by atoms with van der Waals surface area (Å²) in [6.07, 6.45) is 7.30. The van der Waals surface area contributed by atoms with Crippen LogP contribution in [0.5, 0.6) is 0 Å². The Morgan fingerprint density at radius 3 is 2.47 bits per heavy atom. The van der Waals surface area contributed by atoms with Crippen molar-refractivity contribution in [1.82, 2.24) is 9.88 Å². The summed E-state index contributed by atoms with van der Waals surface area (Å²) < 4.78 is 19.2. The molecule has 2 aliphatic rings. The summed E-state index contributed by atoms with van der Waals surface area (Å²) in [6.45, 7) is 5.92. The standard InChI is InChI=1S/C22H33BrN2O5/c1-22(2,3)30-21(27)24-18-9-10-19(18)29-13-14-11-17(23)20(26)25(12-14)15-5-7-16(28-4)8-6-15/h11-12,15-16,18-19H,5-10,13H2,1-4H3,(H,24,27)/t15?,16?,18-,19-/m1/s1. The third kappa shape index (κ3) is 6.08. The van der Waals surface area contributed by atoms with E-state index in [9.17, 15) is 9.59 Å². The van der Waals surface area contributed by atoms with E-state index in [-0.39, 0.29) is 23.7 Å². The molecule has 0 unspecified atom stereocenters. The first-order valence-electron chi connectivity index (χ1n) is 10.7. The molecule has 3 rings (SSSR count). The molecule has 7 nitrogen and oxygen atoms in total. The molecule has 1 heterocycles. The second-order valence-electron chi connectivity index (χ2n) is 9.25. The van der Waals surface area contributed by atoms with Gasteiger partial charge in [-0.3, -0.25) is 4.79 Å². The van der Waals surface area contributed by atoms with E-state index in [2.05, 4.69) is 21.2 Å². The van der Waals surface area contributed by atoms with Gasteiger partial charge in [0.25, 0.3) is 5.56 Å². The number of methoxy groups -OCH3 is 1. The lowest BCUT2D eigenvalue weighted by Gasteiger charge is -2.37. The Labute approximate surface area is 186 Å². The predicted molar refractivity (Wildman–Crippen MR) is 118 cm³/mol. The summed E-state index contributed by atoms with van der Waals surface area (Å²) >= 11 is 3.41. The number of hydrogen-bond donors (Lipinski definition) is 1. The summed E-state index contributed by atoms with van der Waals surface area (Å²) in [5.74, 6) is 0. The Hall–Kier alpha value is -1.38. The van der Waals surface area contributed by atoms with Crippen LogP contribution >= 0.6 is 15.9 Å². The Kier molecular flexibility index (Phi) is 7.63. The number of nitrogens with one attached hydrogen (secondary N) is 1.